The summed E-state index contributed by atoms with van der Waals surface area (Å²) in [6.45, 7) is 4.06. The molecule has 0 bridgehead atoms. The average molecular weight is 393 g/mol. The number of Topliss-reactive ketones (excluding diaryl/α,β-unsaturated/α-hetero) is 1. The minimum absolute atomic E-state index is 0.00418. The molecule has 1 amide bonds. The monoisotopic (exact) mass is 393 g/mol. The van der Waals surface area contributed by atoms with Gasteiger partial charge in [0, 0.05) is 55.0 Å². The Morgan fingerprint density at radius 2 is 1.69 bits per heavy atom. The number of hydrogen-bond donors (Lipinski definition) is 2. The largest absolute Gasteiger partial charge is 0.356 e. The van der Waals surface area contributed by atoms with Crippen LogP contribution < -0.4 is 15.5 Å². The molecule has 29 heavy (non-hydrogen) atoms. The quantitative estimate of drug-likeness (QED) is 0.803. The van der Waals surface area contributed by atoms with E-state index in [1.165, 1.54) is 12.8 Å². The number of benzene rings is 1. The van der Waals surface area contributed by atoms with E-state index in [0.717, 1.165) is 36.0 Å². The molecule has 1 aliphatic carbocycles. The molecule has 4 rings (SSSR count). The lowest BCUT2D eigenvalue weighted by atomic mass is 9.88. The van der Waals surface area contributed by atoms with Gasteiger partial charge in [0.2, 0.25) is 11.9 Å². The molecule has 2 aromatic rings. The Labute approximate surface area is 170 Å². The highest BCUT2D eigenvalue weighted by molar-refractivity contribution is 5.94. The van der Waals surface area contributed by atoms with Crippen molar-refractivity contribution in [3.05, 3.63) is 36.0 Å². The van der Waals surface area contributed by atoms with E-state index in [9.17, 15) is 9.59 Å². The van der Waals surface area contributed by atoms with E-state index in [0.29, 0.717) is 31.6 Å². The number of amides is 1. The molecule has 7 nitrogen and oxygen atoms in total. The Balaban J connectivity index is 1.38. The second-order valence-electron chi connectivity index (χ2n) is 7.89. The van der Waals surface area contributed by atoms with Crippen molar-refractivity contribution in [1.82, 2.24) is 9.97 Å². The summed E-state index contributed by atoms with van der Waals surface area (Å²) in [5.74, 6) is 1.73. The molecule has 1 saturated heterocycles. The topological polar surface area (TPSA) is 87.2 Å². The minimum atomic E-state index is -0.0739. The number of rotatable bonds is 5. The van der Waals surface area contributed by atoms with Crippen molar-refractivity contribution in [1.29, 1.82) is 0 Å². The fraction of sp³-hybridized carbons (Fsp3) is 0.455. The third-order valence-corrected chi connectivity index (χ3v) is 5.59. The number of nitrogens with one attached hydrogen (secondary N) is 2. The fourth-order valence-corrected chi connectivity index (χ4v) is 3.93. The molecule has 1 aromatic heterocycles. The number of aromatic nitrogens is 2. The Morgan fingerprint density at radius 1 is 1.03 bits per heavy atom. The van der Waals surface area contributed by atoms with Gasteiger partial charge in [-0.25, -0.2) is 4.98 Å². The van der Waals surface area contributed by atoms with Crippen LogP contribution in [0.2, 0.25) is 0 Å². The van der Waals surface area contributed by atoms with Crippen LogP contribution in [0, 0.1) is 12.8 Å². The van der Waals surface area contributed by atoms with Crippen LogP contribution in [0.15, 0.2) is 30.3 Å². The summed E-state index contributed by atoms with van der Waals surface area (Å²) in [4.78, 5) is 35.2. The van der Waals surface area contributed by atoms with Crippen LogP contribution in [-0.2, 0) is 9.59 Å². The van der Waals surface area contributed by atoms with Crippen LogP contribution in [0.25, 0.3) is 0 Å². The highest BCUT2D eigenvalue weighted by atomic mass is 16.2. The standard InChI is InChI=1S/C22H27N5O2/c1-15-14-20(27-12-2-3-13-27)26-22(23-15)25-18-8-6-17(7-9-18)24-21(29)16-4-10-19(28)11-5-16/h6-9,14,16H,2-5,10-13H2,1H3,(H,24,29)(H,23,25,26). The third-order valence-electron chi connectivity index (χ3n) is 5.59. The first-order chi connectivity index (χ1) is 14.1. The van der Waals surface area contributed by atoms with Gasteiger partial charge in [-0.15, -0.1) is 0 Å². The number of nitrogens with zero attached hydrogens (tertiary/aromatic N) is 3. The Morgan fingerprint density at radius 3 is 2.38 bits per heavy atom. The molecule has 2 fully saturated rings. The maximum atomic E-state index is 12.4. The van der Waals surface area contributed by atoms with E-state index < -0.39 is 0 Å². The second-order valence-corrected chi connectivity index (χ2v) is 7.89. The van der Waals surface area contributed by atoms with Gasteiger partial charge in [-0.3, -0.25) is 9.59 Å². The normalized spacial score (nSPS) is 17.4. The second kappa shape index (κ2) is 8.59. The smallest absolute Gasteiger partial charge is 0.229 e. The van der Waals surface area contributed by atoms with Crippen LogP contribution in [0.3, 0.4) is 0 Å². The van der Waals surface area contributed by atoms with E-state index in [-0.39, 0.29) is 17.6 Å². The van der Waals surface area contributed by atoms with Crippen LogP contribution >= 0.6 is 0 Å². The van der Waals surface area contributed by atoms with Crippen molar-refractivity contribution in [2.24, 2.45) is 5.92 Å². The fourth-order valence-electron chi connectivity index (χ4n) is 3.93. The predicted octanol–water partition coefficient (Wildman–Crippen LogP) is 3.83. The molecule has 152 valence electrons. The van der Waals surface area contributed by atoms with Crippen LogP contribution in [-0.4, -0.2) is 34.7 Å². The summed E-state index contributed by atoms with van der Waals surface area (Å²) in [6.07, 6.45) is 4.72. The number of aryl methyl sites for hydroxylation is 1. The summed E-state index contributed by atoms with van der Waals surface area (Å²) >= 11 is 0. The van der Waals surface area contributed by atoms with Crippen molar-refractivity contribution in [2.45, 2.75) is 45.4 Å². The number of anilines is 4. The number of ketones is 1. The van der Waals surface area contributed by atoms with Gasteiger partial charge < -0.3 is 15.5 Å². The third kappa shape index (κ3) is 4.91. The van der Waals surface area contributed by atoms with E-state index in [1.54, 1.807) is 0 Å². The minimum Gasteiger partial charge on any atom is -0.356 e. The zero-order chi connectivity index (χ0) is 20.2. The highest BCUT2D eigenvalue weighted by Crippen LogP contribution is 2.25. The van der Waals surface area contributed by atoms with Crippen molar-refractivity contribution < 1.29 is 9.59 Å². The molecule has 2 heterocycles. The van der Waals surface area contributed by atoms with Crippen LogP contribution in [0.1, 0.15) is 44.2 Å². The van der Waals surface area contributed by atoms with E-state index in [2.05, 4.69) is 25.5 Å². The number of carbonyl (C=O) groups is 2. The van der Waals surface area contributed by atoms with Gasteiger partial charge in [0.15, 0.2) is 0 Å². The SMILES string of the molecule is Cc1cc(N2CCCC2)nc(Nc2ccc(NC(=O)C3CCC(=O)CC3)cc2)n1. The van der Waals surface area contributed by atoms with Gasteiger partial charge in [-0.2, -0.15) is 4.98 Å². The molecule has 0 radical (unpaired) electrons. The molecule has 7 heteroatoms. The molecule has 1 aliphatic heterocycles. The van der Waals surface area contributed by atoms with E-state index in [1.807, 2.05) is 37.3 Å². The molecule has 0 spiro atoms. The van der Waals surface area contributed by atoms with E-state index in [4.69, 9.17) is 0 Å². The highest BCUT2D eigenvalue weighted by Gasteiger charge is 2.24. The van der Waals surface area contributed by atoms with Gasteiger partial charge in [0.1, 0.15) is 11.6 Å². The molecular formula is C22H27N5O2. The zero-order valence-electron chi connectivity index (χ0n) is 16.8. The summed E-state index contributed by atoms with van der Waals surface area (Å²) < 4.78 is 0. The molecular weight excluding hydrogens is 366 g/mol. The summed E-state index contributed by atoms with van der Waals surface area (Å²) in [6, 6.07) is 9.56. The lowest BCUT2D eigenvalue weighted by Gasteiger charge is -2.20. The zero-order valence-corrected chi connectivity index (χ0v) is 16.8. The molecule has 1 saturated carbocycles. The average Bonchev–Trinajstić information content (AvgIpc) is 3.24. The molecule has 2 N–H and O–H groups in total. The van der Waals surface area contributed by atoms with Gasteiger partial charge >= 0.3 is 0 Å². The van der Waals surface area contributed by atoms with Gasteiger partial charge in [0.25, 0.3) is 0 Å². The first-order valence-electron chi connectivity index (χ1n) is 10.4. The number of hydrogen-bond acceptors (Lipinski definition) is 6. The lowest BCUT2D eigenvalue weighted by molar-refractivity contribution is -0.125. The van der Waals surface area contributed by atoms with Crippen molar-refractivity contribution in [3.63, 3.8) is 0 Å². The number of carbonyl (C=O) groups excluding carboxylic acids is 2. The summed E-state index contributed by atoms with van der Waals surface area (Å²) in [7, 11) is 0. The van der Waals surface area contributed by atoms with Crippen LogP contribution in [0.4, 0.5) is 23.1 Å². The maximum absolute atomic E-state index is 12.4. The summed E-state index contributed by atoms with van der Waals surface area (Å²) in [5, 5.41) is 6.22. The molecule has 0 atom stereocenters. The summed E-state index contributed by atoms with van der Waals surface area (Å²) in [5.41, 5.74) is 2.55. The van der Waals surface area contributed by atoms with E-state index >= 15 is 0 Å². The Hall–Kier alpha value is -2.96. The predicted molar refractivity (Wildman–Crippen MR) is 114 cm³/mol. The van der Waals surface area contributed by atoms with Crippen LogP contribution in [0.5, 0.6) is 0 Å². The molecule has 0 unspecified atom stereocenters. The Bertz CT molecular complexity index is 881. The lowest BCUT2D eigenvalue weighted by Crippen LogP contribution is -2.27. The first-order valence-corrected chi connectivity index (χ1v) is 10.4. The molecule has 1 aromatic carbocycles. The Kier molecular flexibility index (Phi) is 5.74. The van der Waals surface area contributed by atoms with Gasteiger partial charge in [-0.05, 0) is 56.9 Å². The van der Waals surface area contributed by atoms with Crippen molar-refractivity contribution in [2.75, 3.05) is 28.6 Å². The first kappa shape index (κ1) is 19.4. The van der Waals surface area contributed by atoms with Crippen molar-refractivity contribution in [3.8, 4) is 0 Å². The van der Waals surface area contributed by atoms with Gasteiger partial charge in [-0.1, -0.05) is 0 Å². The maximum Gasteiger partial charge on any atom is 0.229 e. The molecule has 2 aliphatic rings. The van der Waals surface area contributed by atoms with Crippen molar-refractivity contribution >= 4 is 34.8 Å². The van der Waals surface area contributed by atoms with Gasteiger partial charge in [0.05, 0.1) is 0 Å².